The zero-order chi connectivity index (χ0) is 19.1. The van der Waals surface area contributed by atoms with Crippen LogP contribution < -0.4 is 5.32 Å². The molecule has 1 atom stereocenters. The lowest BCUT2D eigenvalue weighted by Crippen LogP contribution is -2.48. The first-order valence-corrected chi connectivity index (χ1v) is 10.2. The van der Waals surface area contributed by atoms with Gasteiger partial charge < -0.3 is 10.1 Å². The van der Waals surface area contributed by atoms with Gasteiger partial charge in [0.1, 0.15) is 5.03 Å². The quantitative estimate of drug-likeness (QED) is 0.792. The molecule has 2 aromatic rings. The second-order valence-corrected chi connectivity index (χ2v) is 8.19. The zero-order valence-electron chi connectivity index (χ0n) is 15.9. The molecule has 1 aliphatic heterocycles. The highest BCUT2D eigenvalue weighted by Crippen LogP contribution is 2.28. The van der Waals surface area contributed by atoms with Crippen LogP contribution in [0.3, 0.4) is 0 Å². The number of nitrogens with zero attached hydrogens (tertiary/aromatic N) is 2. The Kier molecular flexibility index (Phi) is 7.26. The van der Waals surface area contributed by atoms with E-state index in [9.17, 15) is 4.79 Å². The van der Waals surface area contributed by atoms with Gasteiger partial charge in [0.2, 0.25) is 0 Å². The fourth-order valence-corrected chi connectivity index (χ4v) is 4.03. The van der Waals surface area contributed by atoms with Crippen molar-refractivity contribution < 1.29 is 9.53 Å². The smallest absolute Gasteiger partial charge is 0.254 e. The van der Waals surface area contributed by atoms with E-state index in [1.54, 1.807) is 12.3 Å². The molecule has 5 nitrogen and oxygen atoms in total. The number of nitrogens with one attached hydrogen (secondary N) is 1. The molecule has 0 radical (unpaired) electrons. The number of ether oxygens (including phenoxy) is 1. The summed E-state index contributed by atoms with van der Waals surface area (Å²) in [6, 6.07) is 13.6. The van der Waals surface area contributed by atoms with Crippen molar-refractivity contribution in [1.82, 2.24) is 15.2 Å². The van der Waals surface area contributed by atoms with E-state index in [2.05, 4.69) is 29.0 Å². The molecule has 1 amide bonds. The van der Waals surface area contributed by atoms with Gasteiger partial charge in [0.25, 0.3) is 5.91 Å². The third kappa shape index (κ3) is 6.06. The Labute approximate surface area is 165 Å². The fraction of sp³-hybridized carbons (Fsp3) is 0.429. The maximum absolute atomic E-state index is 12.7. The normalized spacial score (nSPS) is 17.8. The second-order valence-electron chi connectivity index (χ2n) is 7.13. The summed E-state index contributed by atoms with van der Waals surface area (Å²) in [5.74, 6) is 0.525. The summed E-state index contributed by atoms with van der Waals surface area (Å²) in [6.45, 7) is 8.56. The van der Waals surface area contributed by atoms with Crippen molar-refractivity contribution in [1.29, 1.82) is 0 Å². The molecule has 6 heteroatoms. The summed E-state index contributed by atoms with van der Waals surface area (Å²) in [4.78, 5) is 20.6. The number of morpholine rings is 1. The van der Waals surface area contributed by atoms with Crippen molar-refractivity contribution in [2.75, 3.05) is 32.8 Å². The first kappa shape index (κ1) is 19.9. The lowest BCUT2D eigenvalue weighted by atomic mass is 10.1. The Hall–Kier alpha value is -1.89. The Balaban J connectivity index is 1.58. The lowest BCUT2D eigenvalue weighted by Gasteiger charge is -2.34. The fourth-order valence-electron chi connectivity index (χ4n) is 3.13. The van der Waals surface area contributed by atoms with Crippen LogP contribution in [0.2, 0.25) is 0 Å². The number of rotatable bonds is 7. The third-order valence-electron chi connectivity index (χ3n) is 4.31. The van der Waals surface area contributed by atoms with Crippen LogP contribution in [0.15, 0.2) is 58.6 Å². The van der Waals surface area contributed by atoms with E-state index >= 15 is 0 Å². The maximum atomic E-state index is 12.7. The molecule has 144 valence electrons. The van der Waals surface area contributed by atoms with Crippen molar-refractivity contribution in [3.05, 3.63) is 54.2 Å². The van der Waals surface area contributed by atoms with E-state index < -0.39 is 0 Å². The summed E-state index contributed by atoms with van der Waals surface area (Å²) in [7, 11) is 0. The standard InChI is InChI=1S/C21H27N3O2S/c1-16(2)14-24-11-12-26-17(15-24)13-23-20(25)19-9-6-10-22-21(19)27-18-7-4-3-5-8-18/h3-10,16-17H,11-15H2,1-2H3,(H,23,25)/t17-/m1/s1. The molecule has 2 heterocycles. The molecule has 0 unspecified atom stereocenters. The van der Waals surface area contributed by atoms with E-state index in [0.29, 0.717) is 23.1 Å². The summed E-state index contributed by atoms with van der Waals surface area (Å²) >= 11 is 1.50. The third-order valence-corrected chi connectivity index (χ3v) is 5.34. The highest BCUT2D eigenvalue weighted by molar-refractivity contribution is 7.99. The second kappa shape index (κ2) is 9.88. The highest BCUT2D eigenvalue weighted by atomic mass is 32.2. The van der Waals surface area contributed by atoms with Gasteiger partial charge in [-0.3, -0.25) is 9.69 Å². The molecule has 1 fully saturated rings. The first-order chi connectivity index (χ1) is 13.1. The summed E-state index contributed by atoms with van der Waals surface area (Å²) < 4.78 is 5.82. The van der Waals surface area contributed by atoms with Crippen LogP contribution in [-0.4, -0.2) is 54.7 Å². The Morgan fingerprint density at radius 2 is 2.11 bits per heavy atom. The Morgan fingerprint density at radius 1 is 1.30 bits per heavy atom. The van der Waals surface area contributed by atoms with Gasteiger partial charge in [0, 0.05) is 37.3 Å². The van der Waals surface area contributed by atoms with Gasteiger partial charge in [-0.25, -0.2) is 4.98 Å². The number of carbonyl (C=O) groups is 1. The summed E-state index contributed by atoms with van der Waals surface area (Å²) in [5.41, 5.74) is 0.598. The predicted molar refractivity (Wildman–Crippen MR) is 108 cm³/mol. The molecule has 0 spiro atoms. The van der Waals surface area contributed by atoms with Gasteiger partial charge in [-0.05, 0) is 30.2 Å². The van der Waals surface area contributed by atoms with E-state index in [1.165, 1.54) is 11.8 Å². The molecule has 27 heavy (non-hydrogen) atoms. The van der Waals surface area contributed by atoms with Crippen LogP contribution in [0.1, 0.15) is 24.2 Å². The van der Waals surface area contributed by atoms with Crippen molar-refractivity contribution >= 4 is 17.7 Å². The van der Waals surface area contributed by atoms with Crippen molar-refractivity contribution in [3.63, 3.8) is 0 Å². The molecule has 3 rings (SSSR count). The number of amides is 1. The van der Waals surface area contributed by atoms with E-state index in [4.69, 9.17) is 4.74 Å². The van der Waals surface area contributed by atoms with E-state index in [0.717, 1.165) is 31.1 Å². The van der Waals surface area contributed by atoms with Crippen LogP contribution in [-0.2, 0) is 4.74 Å². The van der Waals surface area contributed by atoms with Gasteiger partial charge in [-0.15, -0.1) is 0 Å². The zero-order valence-corrected chi connectivity index (χ0v) is 16.7. The van der Waals surface area contributed by atoms with Crippen LogP contribution >= 0.6 is 11.8 Å². The molecular formula is C21H27N3O2S. The molecule has 0 saturated carbocycles. The number of hydrogen-bond donors (Lipinski definition) is 1. The van der Waals surface area contributed by atoms with E-state index in [-0.39, 0.29) is 12.0 Å². The first-order valence-electron chi connectivity index (χ1n) is 9.42. The minimum absolute atomic E-state index is 0.0309. The number of hydrogen-bond acceptors (Lipinski definition) is 5. The predicted octanol–water partition coefficient (Wildman–Crippen LogP) is 3.32. The van der Waals surface area contributed by atoms with Crippen molar-refractivity contribution in [2.45, 2.75) is 29.9 Å². The molecule has 1 aromatic carbocycles. The lowest BCUT2D eigenvalue weighted by molar-refractivity contribution is -0.0295. The Bertz CT molecular complexity index is 739. The van der Waals surface area contributed by atoms with Crippen molar-refractivity contribution in [3.8, 4) is 0 Å². The van der Waals surface area contributed by atoms with Gasteiger partial charge in [-0.2, -0.15) is 0 Å². The monoisotopic (exact) mass is 385 g/mol. The number of pyridine rings is 1. The minimum Gasteiger partial charge on any atom is -0.374 e. The number of aromatic nitrogens is 1. The largest absolute Gasteiger partial charge is 0.374 e. The molecule has 1 aromatic heterocycles. The summed E-state index contributed by atoms with van der Waals surface area (Å²) in [6.07, 6.45) is 1.75. The molecule has 1 aliphatic rings. The average molecular weight is 386 g/mol. The molecule has 0 aliphatic carbocycles. The van der Waals surface area contributed by atoms with Crippen LogP contribution in [0.4, 0.5) is 0 Å². The van der Waals surface area contributed by atoms with Gasteiger partial charge in [-0.1, -0.05) is 43.8 Å². The molecule has 1 N–H and O–H groups in total. The maximum Gasteiger partial charge on any atom is 0.254 e. The van der Waals surface area contributed by atoms with Crippen molar-refractivity contribution in [2.24, 2.45) is 5.92 Å². The summed E-state index contributed by atoms with van der Waals surface area (Å²) in [5, 5.41) is 3.74. The minimum atomic E-state index is -0.105. The molecular weight excluding hydrogens is 358 g/mol. The van der Waals surface area contributed by atoms with Crippen LogP contribution in [0.5, 0.6) is 0 Å². The average Bonchev–Trinajstić information content (AvgIpc) is 2.67. The van der Waals surface area contributed by atoms with Gasteiger partial charge in [0.15, 0.2) is 0 Å². The van der Waals surface area contributed by atoms with Crippen LogP contribution in [0, 0.1) is 5.92 Å². The highest BCUT2D eigenvalue weighted by Gasteiger charge is 2.22. The number of benzene rings is 1. The molecule has 0 bridgehead atoms. The Morgan fingerprint density at radius 3 is 2.89 bits per heavy atom. The number of carbonyl (C=O) groups excluding carboxylic acids is 1. The van der Waals surface area contributed by atoms with Crippen LogP contribution in [0.25, 0.3) is 0 Å². The topological polar surface area (TPSA) is 54.5 Å². The van der Waals surface area contributed by atoms with Gasteiger partial charge in [0.05, 0.1) is 18.3 Å². The van der Waals surface area contributed by atoms with E-state index in [1.807, 2.05) is 36.4 Å². The van der Waals surface area contributed by atoms with Gasteiger partial charge >= 0.3 is 0 Å². The SMILES string of the molecule is CC(C)CN1CCO[C@H](CNC(=O)c2cccnc2Sc2ccccc2)C1. The molecule has 1 saturated heterocycles.